The molecule has 1 heterocycles. The summed E-state index contributed by atoms with van der Waals surface area (Å²) in [6.45, 7) is 3.28. The average Bonchev–Trinajstić information content (AvgIpc) is 2.39. The molecule has 0 aromatic heterocycles. The molecule has 1 unspecified atom stereocenters. The van der Waals surface area contributed by atoms with Gasteiger partial charge in [0.05, 0.1) is 12.1 Å². The molecule has 0 saturated carbocycles. The molecule has 3 heteroatoms. The summed E-state index contributed by atoms with van der Waals surface area (Å²) in [4.78, 5) is 0. The third kappa shape index (κ3) is 2.75. The van der Waals surface area contributed by atoms with Crippen molar-refractivity contribution in [3.8, 4) is 5.75 Å². The van der Waals surface area contributed by atoms with Gasteiger partial charge in [-0.15, -0.1) is 0 Å². The second-order valence-corrected chi connectivity index (χ2v) is 4.95. The van der Waals surface area contributed by atoms with Crippen LogP contribution in [-0.4, -0.2) is 13.7 Å². The van der Waals surface area contributed by atoms with Crippen LogP contribution in [0, 0.1) is 0 Å². The molecular formula is C14H20ClNO. The zero-order valence-electron chi connectivity index (χ0n) is 10.6. The fourth-order valence-corrected chi connectivity index (χ4v) is 2.76. The van der Waals surface area contributed by atoms with Gasteiger partial charge in [-0.05, 0) is 49.1 Å². The molecule has 1 aliphatic rings. The van der Waals surface area contributed by atoms with Gasteiger partial charge in [0.15, 0.2) is 0 Å². The van der Waals surface area contributed by atoms with Gasteiger partial charge in [-0.1, -0.05) is 24.9 Å². The highest BCUT2D eigenvalue weighted by atomic mass is 35.5. The van der Waals surface area contributed by atoms with Gasteiger partial charge in [0, 0.05) is 6.04 Å². The molecule has 17 heavy (non-hydrogen) atoms. The van der Waals surface area contributed by atoms with E-state index in [4.69, 9.17) is 16.3 Å². The Balaban J connectivity index is 2.34. The molecule has 0 bridgehead atoms. The van der Waals surface area contributed by atoms with Crippen molar-refractivity contribution < 1.29 is 4.74 Å². The molecule has 1 saturated heterocycles. The van der Waals surface area contributed by atoms with Crippen LogP contribution in [0.5, 0.6) is 5.75 Å². The van der Waals surface area contributed by atoms with E-state index in [1.54, 1.807) is 7.11 Å². The van der Waals surface area contributed by atoms with Crippen LogP contribution in [0.4, 0.5) is 0 Å². The first-order chi connectivity index (χ1) is 8.26. The molecular weight excluding hydrogens is 234 g/mol. The molecule has 1 aliphatic heterocycles. The standard InChI is InChI=1S/C14H20ClNO/c1-3-10-8-14(17-2)12(15)9-11(10)13-6-4-5-7-16-13/h8-9,13,16H,3-7H2,1-2H3. The van der Waals surface area contributed by atoms with Gasteiger partial charge in [-0.2, -0.15) is 0 Å². The summed E-state index contributed by atoms with van der Waals surface area (Å²) >= 11 is 6.22. The summed E-state index contributed by atoms with van der Waals surface area (Å²) in [6, 6.07) is 4.61. The molecule has 0 amide bonds. The predicted octanol–water partition coefficient (Wildman–Crippen LogP) is 3.73. The van der Waals surface area contributed by atoms with Gasteiger partial charge in [0.1, 0.15) is 5.75 Å². The van der Waals surface area contributed by atoms with E-state index in [1.807, 2.05) is 0 Å². The van der Waals surface area contributed by atoms with Gasteiger partial charge in [0.2, 0.25) is 0 Å². The Bertz CT molecular complexity index is 386. The van der Waals surface area contributed by atoms with Crippen LogP contribution in [-0.2, 0) is 6.42 Å². The van der Waals surface area contributed by atoms with E-state index in [0.717, 1.165) is 18.7 Å². The van der Waals surface area contributed by atoms with Gasteiger partial charge < -0.3 is 10.1 Å². The third-order valence-corrected chi connectivity index (χ3v) is 3.78. The Morgan fingerprint density at radius 2 is 2.24 bits per heavy atom. The first-order valence-corrected chi connectivity index (χ1v) is 6.73. The lowest BCUT2D eigenvalue weighted by atomic mass is 9.92. The summed E-state index contributed by atoms with van der Waals surface area (Å²) in [5.74, 6) is 0.781. The van der Waals surface area contributed by atoms with E-state index < -0.39 is 0 Å². The molecule has 0 radical (unpaired) electrons. The fraction of sp³-hybridized carbons (Fsp3) is 0.571. The van der Waals surface area contributed by atoms with Crippen LogP contribution in [0.2, 0.25) is 5.02 Å². The number of hydrogen-bond donors (Lipinski definition) is 1. The molecule has 2 nitrogen and oxygen atoms in total. The minimum Gasteiger partial charge on any atom is -0.495 e. The van der Waals surface area contributed by atoms with Crippen molar-refractivity contribution in [2.45, 2.75) is 38.6 Å². The lowest BCUT2D eigenvalue weighted by Gasteiger charge is -2.26. The maximum absolute atomic E-state index is 6.22. The van der Waals surface area contributed by atoms with Crippen molar-refractivity contribution in [3.05, 3.63) is 28.3 Å². The van der Waals surface area contributed by atoms with Gasteiger partial charge in [-0.3, -0.25) is 0 Å². The highest BCUT2D eigenvalue weighted by Crippen LogP contribution is 2.34. The molecule has 1 N–H and O–H groups in total. The van der Waals surface area contributed by atoms with Crippen LogP contribution in [0.25, 0.3) is 0 Å². The van der Waals surface area contributed by atoms with Crippen molar-refractivity contribution in [2.75, 3.05) is 13.7 Å². The van der Waals surface area contributed by atoms with Crippen molar-refractivity contribution in [1.82, 2.24) is 5.32 Å². The summed E-state index contributed by atoms with van der Waals surface area (Å²) in [6.07, 6.45) is 4.79. The average molecular weight is 254 g/mol. The number of ether oxygens (including phenoxy) is 1. The van der Waals surface area contributed by atoms with Crippen molar-refractivity contribution in [1.29, 1.82) is 0 Å². The van der Waals surface area contributed by atoms with Gasteiger partial charge in [-0.25, -0.2) is 0 Å². The zero-order chi connectivity index (χ0) is 12.3. The normalized spacial score (nSPS) is 20.3. The number of piperidine rings is 1. The SMILES string of the molecule is CCc1cc(OC)c(Cl)cc1C1CCCCN1. The molecule has 0 spiro atoms. The highest BCUT2D eigenvalue weighted by Gasteiger charge is 2.19. The first kappa shape index (κ1) is 12.7. The Kier molecular flexibility index (Phi) is 4.30. The van der Waals surface area contributed by atoms with E-state index in [0.29, 0.717) is 11.1 Å². The number of hydrogen-bond acceptors (Lipinski definition) is 2. The Morgan fingerprint density at radius 3 is 2.82 bits per heavy atom. The molecule has 1 atom stereocenters. The van der Waals surface area contributed by atoms with Crippen LogP contribution < -0.4 is 10.1 Å². The van der Waals surface area contributed by atoms with E-state index in [2.05, 4.69) is 24.4 Å². The summed E-state index contributed by atoms with van der Waals surface area (Å²) < 4.78 is 5.28. The summed E-state index contributed by atoms with van der Waals surface area (Å²) in [7, 11) is 1.67. The Hall–Kier alpha value is -0.730. The second kappa shape index (κ2) is 5.74. The number of methoxy groups -OCH3 is 1. The highest BCUT2D eigenvalue weighted by molar-refractivity contribution is 6.32. The monoisotopic (exact) mass is 253 g/mol. The lowest BCUT2D eigenvalue weighted by molar-refractivity contribution is 0.404. The molecule has 2 rings (SSSR count). The molecule has 1 aromatic carbocycles. The van der Waals surface area contributed by atoms with Crippen molar-refractivity contribution in [3.63, 3.8) is 0 Å². The largest absolute Gasteiger partial charge is 0.495 e. The summed E-state index contributed by atoms with van der Waals surface area (Å²) in [5.41, 5.74) is 2.68. The molecule has 1 aromatic rings. The van der Waals surface area contributed by atoms with Crippen LogP contribution >= 0.6 is 11.6 Å². The number of benzene rings is 1. The molecule has 0 aliphatic carbocycles. The number of nitrogens with one attached hydrogen (secondary N) is 1. The van der Waals surface area contributed by atoms with Crippen molar-refractivity contribution >= 4 is 11.6 Å². The van der Waals surface area contributed by atoms with Crippen LogP contribution in [0.15, 0.2) is 12.1 Å². The first-order valence-electron chi connectivity index (χ1n) is 6.36. The smallest absolute Gasteiger partial charge is 0.137 e. The van der Waals surface area contributed by atoms with Gasteiger partial charge in [0.25, 0.3) is 0 Å². The quantitative estimate of drug-likeness (QED) is 0.886. The Labute approximate surface area is 108 Å². The number of aryl methyl sites for hydroxylation is 1. The lowest BCUT2D eigenvalue weighted by Crippen LogP contribution is -2.27. The molecule has 94 valence electrons. The molecule has 1 fully saturated rings. The third-order valence-electron chi connectivity index (χ3n) is 3.48. The fourth-order valence-electron chi connectivity index (χ4n) is 2.52. The second-order valence-electron chi connectivity index (χ2n) is 4.54. The van der Waals surface area contributed by atoms with E-state index >= 15 is 0 Å². The van der Waals surface area contributed by atoms with Crippen molar-refractivity contribution in [2.24, 2.45) is 0 Å². The van der Waals surface area contributed by atoms with E-state index in [-0.39, 0.29) is 0 Å². The number of halogens is 1. The maximum Gasteiger partial charge on any atom is 0.137 e. The van der Waals surface area contributed by atoms with E-state index in [9.17, 15) is 0 Å². The van der Waals surface area contributed by atoms with Crippen LogP contribution in [0.3, 0.4) is 0 Å². The minimum absolute atomic E-state index is 0.460. The van der Waals surface area contributed by atoms with E-state index in [1.165, 1.54) is 30.4 Å². The van der Waals surface area contributed by atoms with Crippen LogP contribution in [0.1, 0.15) is 43.4 Å². The summed E-state index contributed by atoms with van der Waals surface area (Å²) in [5, 5.41) is 4.29. The Morgan fingerprint density at radius 1 is 1.41 bits per heavy atom. The van der Waals surface area contributed by atoms with Gasteiger partial charge >= 0.3 is 0 Å². The predicted molar refractivity (Wildman–Crippen MR) is 72.0 cm³/mol. The zero-order valence-corrected chi connectivity index (χ0v) is 11.3. The minimum atomic E-state index is 0.460. The number of rotatable bonds is 3. The maximum atomic E-state index is 6.22. The topological polar surface area (TPSA) is 21.3 Å².